The Bertz CT molecular complexity index is 761. The third-order valence-corrected chi connectivity index (χ3v) is 5.46. The van der Waals surface area contributed by atoms with Crippen molar-refractivity contribution in [2.75, 3.05) is 5.75 Å². The van der Waals surface area contributed by atoms with Gasteiger partial charge in [0.25, 0.3) is 0 Å². The van der Waals surface area contributed by atoms with E-state index >= 15 is 0 Å². The number of benzene rings is 1. The maximum Gasteiger partial charge on any atom is 0.573 e. The number of hydrogen-bond acceptors (Lipinski definition) is 6. The van der Waals surface area contributed by atoms with Crippen LogP contribution in [-0.4, -0.2) is 40.7 Å². The van der Waals surface area contributed by atoms with E-state index in [0.717, 1.165) is 23.9 Å². The molecule has 1 heterocycles. The Balaban J connectivity index is 2.33. The molecule has 0 radical (unpaired) electrons. The molecule has 5 nitrogen and oxygen atoms in total. The van der Waals surface area contributed by atoms with Crippen molar-refractivity contribution in [3.63, 3.8) is 0 Å². The number of hydrogen-bond donors (Lipinski definition) is 1. The van der Waals surface area contributed by atoms with Gasteiger partial charge < -0.3 is 19.2 Å². The Hall–Kier alpha value is -1.65. The average molecular weight is 418 g/mol. The predicted octanol–water partition coefficient (Wildman–Crippen LogP) is 4.59. The molecule has 1 aromatic carbocycles. The summed E-state index contributed by atoms with van der Waals surface area (Å²) in [6, 6.07) is 3.26. The zero-order valence-corrected chi connectivity index (χ0v) is 17.0. The van der Waals surface area contributed by atoms with Crippen LogP contribution in [0.4, 0.5) is 13.2 Å². The first-order valence-corrected chi connectivity index (χ1v) is 9.47. The van der Waals surface area contributed by atoms with Crippen LogP contribution in [-0.2, 0) is 14.1 Å². The molecule has 1 aliphatic heterocycles. The van der Waals surface area contributed by atoms with Crippen molar-refractivity contribution in [2.45, 2.75) is 52.2 Å². The van der Waals surface area contributed by atoms with Gasteiger partial charge in [0.2, 0.25) is 0 Å². The van der Waals surface area contributed by atoms with Gasteiger partial charge in [-0.2, -0.15) is 0 Å². The second-order valence-electron chi connectivity index (χ2n) is 7.36. The van der Waals surface area contributed by atoms with Crippen molar-refractivity contribution in [1.29, 1.82) is 0 Å². The quantitative estimate of drug-likeness (QED) is 0.706. The SMILES string of the molecule is CC(=O)SCC(=Cc1ccc(OC(F)(F)F)cc1O)B1OC(C)(C)C(C)(C)O1. The fourth-order valence-corrected chi connectivity index (χ4v) is 2.99. The molecule has 0 aromatic heterocycles. The fraction of sp³-hybridized carbons (Fsp3) is 0.500. The van der Waals surface area contributed by atoms with Gasteiger partial charge in [-0.05, 0) is 45.3 Å². The number of halogens is 3. The summed E-state index contributed by atoms with van der Waals surface area (Å²) in [5.74, 6) is -0.687. The highest BCUT2D eigenvalue weighted by atomic mass is 32.2. The number of alkyl halides is 3. The number of rotatable bonds is 5. The first-order valence-electron chi connectivity index (χ1n) is 8.48. The molecule has 0 spiro atoms. The minimum atomic E-state index is -4.85. The van der Waals surface area contributed by atoms with Gasteiger partial charge in [-0.1, -0.05) is 17.8 Å². The highest BCUT2D eigenvalue weighted by Crippen LogP contribution is 2.40. The molecule has 1 saturated heterocycles. The summed E-state index contributed by atoms with van der Waals surface area (Å²) in [4.78, 5) is 11.4. The zero-order chi connectivity index (χ0) is 21.3. The van der Waals surface area contributed by atoms with Crippen molar-refractivity contribution in [3.05, 3.63) is 29.2 Å². The van der Waals surface area contributed by atoms with Crippen LogP contribution >= 0.6 is 11.8 Å². The number of carbonyl (C=O) groups excluding carboxylic acids is 1. The molecule has 154 valence electrons. The van der Waals surface area contributed by atoms with Crippen molar-refractivity contribution in [1.82, 2.24) is 0 Å². The number of ether oxygens (including phenoxy) is 1. The van der Waals surface area contributed by atoms with E-state index in [-0.39, 0.29) is 16.4 Å². The number of aromatic hydroxyl groups is 1. The minimum Gasteiger partial charge on any atom is -0.507 e. The van der Waals surface area contributed by atoms with E-state index in [2.05, 4.69) is 4.74 Å². The number of thioether (sulfide) groups is 1. The average Bonchev–Trinajstić information content (AvgIpc) is 2.71. The summed E-state index contributed by atoms with van der Waals surface area (Å²) >= 11 is 1.04. The standard InChI is InChI=1S/C18H22BF3O5S/c1-11(23)28-10-13(19-26-16(2,3)17(4,5)27-19)8-12-6-7-14(9-15(12)24)25-18(20,21)22/h6-9,24H,10H2,1-5H3. The molecule has 1 fully saturated rings. The zero-order valence-electron chi connectivity index (χ0n) is 16.2. The van der Waals surface area contributed by atoms with Gasteiger partial charge in [-0.25, -0.2) is 0 Å². The second kappa shape index (κ2) is 8.00. The van der Waals surface area contributed by atoms with Crippen LogP contribution in [0.15, 0.2) is 23.7 Å². The van der Waals surface area contributed by atoms with Gasteiger partial charge in [0, 0.05) is 24.3 Å². The monoisotopic (exact) mass is 418 g/mol. The second-order valence-corrected chi connectivity index (χ2v) is 8.51. The highest BCUT2D eigenvalue weighted by molar-refractivity contribution is 8.13. The maximum absolute atomic E-state index is 12.3. The topological polar surface area (TPSA) is 65.0 Å². The van der Waals surface area contributed by atoms with E-state index in [1.807, 2.05) is 27.7 Å². The molecular weight excluding hydrogens is 396 g/mol. The van der Waals surface area contributed by atoms with Crippen LogP contribution in [0.1, 0.15) is 40.2 Å². The van der Waals surface area contributed by atoms with Crippen molar-refractivity contribution >= 4 is 30.1 Å². The largest absolute Gasteiger partial charge is 0.573 e. The summed E-state index contributed by atoms with van der Waals surface area (Å²) < 4.78 is 52.8. The lowest BCUT2D eigenvalue weighted by atomic mass is 9.78. The molecule has 1 aromatic rings. The normalized spacial score (nSPS) is 19.0. The molecule has 0 unspecified atom stereocenters. The Morgan fingerprint density at radius 2 is 1.82 bits per heavy atom. The summed E-state index contributed by atoms with van der Waals surface area (Å²) in [5, 5.41) is 10.0. The number of carbonyl (C=O) groups is 1. The van der Waals surface area contributed by atoms with Gasteiger partial charge in [-0.3, -0.25) is 4.79 Å². The Morgan fingerprint density at radius 1 is 1.25 bits per heavy atom. The molecule has 1 aliphatic rings. The molecule has 0 saturated carbocycles. The molecule has 0 bridgehead atoms. The molecule has 0 aliphatic carbocycles. The van der Waals surface area contributed by atoms with Crippen LogP contribution < -0.4 is 4.74 Å². The third-order valence-electron chi connectivity index (χ3n) is 4.57. The molecular formula is C18H22BF3O5S. The van der Waals surface area contributed by atoms with Gasteiger partial charge in [0.05, 0.1) is 11.2 Å². The van der Waals surface area contributed by atoms with Crippen molar-refractivity contribution < 1.29 is 37.1 Å². The van der Waals surface area contributed by atoms with Gasteiger partial charge in [0.15, 0.2) is 5.12 Å². The Kier molecular flexibility index (Phi) is 6.47. The third kappa shape index (κ3) is 5.68. The molecule has 0 amide bonds. The molecule has 0 atom stereocenters. The summed E-state index contributed by atoms with van der Waals surface area (Å²) in [7, 11) is -0.762. The first-order chi connectivity index (χ1) is 12.7. The van der Waals surface area contributed by atoms with Crippen LogP contribution in [0, 0.1) is 0 Å². The number of phenolic OH excluding ortho intramolecular Hbond substituents is 1. The van der Waals surface area contributed by atoms with Crippen molar-refractivity contribution in [2.24, 2.45) is 0 Å². The van der Waals surface area contributed by atoms with Crippen LogP contribution in [0.3, 0.4) is 0 Å². The van der Waals surface area contributed by atoms with E-state index in [4.69, 9.17) is 9.31 Å². The van der Waals surface area contributed by atoms with E-state index in [9.17, 15) is 23.1 Å². The fourth-order valence-electron chi connectivity index (χ4n) is 2.40. The van der Waals surface area contributed by atoms with E-state index in [1.165, 1.54) is 13.0 Å². The van der Waals surface area contributed by atoms with Crippen LogP contribution in [0.2, 0.25) is 0 Å². The summed E-state index contributed by atoms with van der Waals surface area (Å²) in [6.07, 6.45) is -3.30. The van der Waals surface area contributed by atoms with Crippen LogP contribution in [0.25, 0.3) is 6.08 Å². The van der Waals surface area contributed by atoms with E-state index in [1.54, 1.807) is 6.08 Å². The van der Waals surface area contributed by atoms with E-state index in [0.29, 0.717) is 5.47 Å². The molecule has 28 heavy (non-hydrogen) atoms. The van der Waals surface area contributed by atoms with Gasteiger partial charge in [0.1, 0.15) is 11.5 Å². The Labute approximate surface area is 166 Å². The van der Waals surface area contributed by atoms with Gasteiger partial charge >= 0.3 is 13.5 Å². The molecule has 1 N–H and O–H groups in total. The lowest BCUT2D eigenvalue weighted by molar-refractivity contribution is -0.274. The van der Waals surface area contributed by atoms with Gasteiger partial charge in [-0.15, -0.1) is 13.2 Å². The smallest absolute Gasteiger partial charge is 0.507 e. The number of phenols is 1. The molecule has 2 rings (SSSR count). The Morgan fingerprint density at radius 3 is 2.29 bits per heavy atom. The lowest BCUT2D eigenvalue weighted by Gasteiger charge is -2.32. The first kappa shape index (κ1) is 22.6. The lowest BCUT2D eigenvalue weighted by Crippen LogP contribution is -2.41. The predicted molar refractivity (Wildman–Crippen MR) is 102 cm³/mol. The van der Waals surface area contributed by atoms with Crippen molar-refractivity contribution in [3.8, 4) is 11.5 Å². The minimum absolute atomic E-state index is 0.111. The molecule has 10 heteroatoms. The maximum atomic E-state index is 12.3. The van der Waals surface area contributed by atoms with Crippen LogP contribution in [0.5, 0.6) is 11.5 Å². The summed E-state index contributed by atoms with van der Waals surface area (Å²) in [5.41, 5.74) is -0.393. The summed E-state index contributed by atoms with van der Waals surface area (Å²) in [6.45, 7) is 8.94. The highest BCUT2D eigenvalue weighted by Gasteiger charge is 2.52. The van der Waals surface area contributed by atoms with E-state index < -0.39 is 36.2 Å².